The molecule has 126 valence electrons. The fraction of sp³-hybridized carbons (Fsp3) is 0.294. The summed E-state index contributed by atoms with van der Waals surface area (Å²) in [6.45, 7) is 2.26. The van der Waals surface area contributed by atoms with E-state index in [2.05, 4.69) is 16.0 Å². The molecule has 7 heteroatoms. The van der Waals surface area contributed by atoms with Gasteiger partial charge in [0, 0.05) is 25.3 Å². The fourth-order valence-electron chi connectivity index (χ4n) is 2.34. The molecule has 2 amide bonds. The molecule has 3 N–H and O–H groups in total. The van der Waals surface area contributed by atoms with Crippen molar-refractivity contribution in [3.8, 4) is 0 Å². The Morgan fingerprint density at radius 3 is 2.71 bits per heavy atom. The smallest absolute Gasteiger partial charge is 0.291 e. The molecule has 2 aromatic rings. The van der Waals surface area contributed by atoms with Crippen molar-refractivity contribution in [2.24, 2.45) is 0 Å². The molecule has 1 atom stereocenters. The molecule has 2 heterocycles. The second-order valence-corrected chi connectivity index (χ2v) is 5.41. The molecule has 1 aromatic heterocycles. The van der Waals surface area contributed by atoms with Crippen LogP contribution in [0.1, 0.15) is 16.1 Å². The number of carbonyl (C=O) groups is 2. The molecular weight excluding hydrogens is 310 g/mol. The molecule has 1 aliphatic heterocycles. The van der Waals surface area contributed by atoms with Gasteiger partial charge >= 0.3 is 0 Å². The van der Waals surface area contributed by atoms with E-state index in [0.29, 0.717) is 25.4 Å². The lowest BCUT2D eigenvalue weighted by Gasteiger charge is -2.22. The summed E-state index contributed by atoms with van der Waals surface area (Å²) in [6, 6.07) is 10.5. The van der Waals surface area contributed by atoms with E-state index >= 15 is 0 Å². The average Bonchev–Trinajstić information content (AvgIpc) is 3.16. The third-order valence-corrected chi connectivity index (χ3v) is 3.64. The van der Waals surface area contributed by atoms with Crippen LogP contribution in [0.25, 0.3) is 0 Å². The molecule has 0 saturated carbocycles. The van der Waals surface area contributed by atoms with Gasteiger partial charge in [-0.3, -0.25) is 9.59 Å². The monoisotopic (exact) mass is 329 g/mol. The summed E-state index contributed by atoms with van der Waals surface area (Å²) >= 11 is 0. The van der Waals surface area contributed by atoms with E-state index in [1.54, 1.807) is 24.3 Å². The van der Waals surface area contributed by atoms with Crippen LogP contribution in [0.4, 0.5) is 5.69 Å². The highest BCUT2D eigenvalue weighted by atomic mass is 16.5. The second kappa shape index (κ2) is 7.76. The van der Waals surface area contributed by atoms with Gasteiger partial charge in [-0.1, -0.05) is 12.1 Å². The maximum absolute atomic E-state index is 12.0. The van der Waals surface area contributed by atoms with Crippen LogP contribution in [0.2, 0.25) is 0 Å². The molecule has 1 unspecified atom stereocenters. The van der Waals surface area contributed by atoms with Gasteiger partial charge in [0.15, 0.2) is 5.76 Å². The highest BCUT2D eigenvalue weighted by molar-refractivity contribution is 6.02. The minimum Gasteiger partial charge on any atom is -0.459 e. The van der Waals surface area contributed by atoms with Crippen LogP contribution in [-0.4, -0.2) is 37.6 Å². The highest BCUT2D eigenvalue weighted by Crippen LogP contribution is 2.12. The number of benzene rings is 1. The zero-order valence-electron chi connectivity index (χ0n) is 13.1. The van der Waals surface area contributed by atoms with Crippen LogP contribution in [-0.2, 0) is 16.1 Å². The molecule has 1 aromatic carbocycles. The first kappa shape index (κ1) is 16.2. The summed E-state index contributed by atoms with van der Waals surface area (Å²) in [5.41, 5.74) is 1.59. The quantitative estimate of drug-likeness (QED) is 0.765. The van der Waals surface area contributed by atoms with E-state index in [9.17, 15) is 9.59 Å². The fourth-order valence-corrected chi connectivity index (χ4v) is 2.34. The Morgan fingerprint density at radius 1 is 1.21 bits per heavy atom. The minimum absolute atomic E-state index is 0.127. The molecule has 0 radical (unpaired) electrons. The first-order valence-corrected chi connectivity index (χ1v) is 7.76. The van der Waals surface area contributed by atoms with E-state index < -0.39 is 6.10 Å². The van der Waals surface area contributed by atoms with Gasteiger partial charge < -0.3 is 25.1 Å². The molecule has 3 rings (SSSR count). The topological polar surface area (TPSA) is 92.6 Å². The maximum atomic E-state index is 12.0. The lowest BCUT2D eigenvalue weighted by molar-refractivity contribution is -0.134. The van der Waals surface area contributed by atoms with Crippen molar-refractivity contribution in [1.29, 1.82) is 0 Å². The SMILES string of the molecule is O=C(Nc1ccc(CNC(=O)C2CNCCO2)cc1)c1ccco1. The van der Waals surface area contributed by atoms with Gasteiger partial charge in [-0.2, -0.15) is 0 Å². The van der Waals surface area contributed by atoms with Crippen LogP contribution in [0.5, 0.6) is 0 Å². The Kier molecular flexibility index (Phi) is 5.25. The molecule has 0 spiro atoms. The number of hydrogen-bond donors (Lipinski definition) is 3. The third kappa shape index (κ3) is 4.21. The van der Waals surface area contributed by atoms with Crippen LogP contribution < -0.4 is 16.0 Å². The highest BCUT2D eigenvalue weighted by Gasteiger charge is 2.21. The Labute approximate surface area is 139 Å². The number of morpholine rings is 1. The number of anilines is 1. The summed E-state index contributed by atoms with van der Waals surface area (Å²) < 4.78 is 10.4. The van der Waals surface area contributed by atoms with Crippen molar-refractivity contribution in [3.05, 3.63) is 54.0 Å². The number of amides is 2. The van der Waals surface area contributed by atoms with Gasteiger partial charge in [-0.25, -0.2) is 0 Å². The van der Waals surface area contributed by atoms with E-state index in [1.807, 2.05) is 12.1 Å². The van der Waals surface area contributed by atoms with E-state index in [0.717, 1.165) is 12.1 Å². The van der Waals surface area contributed by atoms with Crippen molar-refractivity contribution in [3.63, 3.8) is 0 Å². The van der Waals surface area contributed by atoms with Crippen LogP contribution in [0.3, 0.4) is 0 Å². The van der Waals surface area contributed by atoms with Crippen LogP contribution >= 0.6 is 0 Å². The van der Waals surface area contributed by atoms with Crippen molar-refractivity contribution in [2.45, 2.75) is 12.6 Å². The second-order valence-electron chi connectivity index (χ2n) is 5.41. The van der Waals surface area contributed by atoms with Crippen LogP contribution in [0.15, 0.2) is 47.1 Å². The van der Waals surface area contributed by atoms with Gasteiger partial charge in [0.2, 0.25) is 0 Å². The Morgan fingerprint density at radius 2 is 2.04 bits per heavy atom. The third-order valence-electron chi connectivity index (χ3n) is 3.64. The first-order valence-electron chi connectivity index (χ1n) is 7.76. The molecule has 7 nitrogen and oxygen atoms in total. The Balaban J connectivity index is 1.49. The van der Waals surface area contributed by atoms with E-state index in [-0.39, 0.29) is 17.6 Å². The zero-order chi connectivity index (χ0) is 16.8. The number of hydrogen-bond acceptors (Lipinski definition) is 5. The Bertz CT molecular complexity index is 676. The van der Waals surface area contributed by atoms with E-state index in [1.165, 1.54) is 6.26 Å². The Hall–Kier alpha value is -2.64. The number of nitrogens with one attached hydrogen (secondary N) is 3. The maximum Gasteiger partial charge on any atom is 0.291 e. The molecule has 1 aliphatic rings. The number of furan rings is 1. The summed E-state index contributed by atoms with van der Waals surface area (Å²) in [5, 5.41) is 8.70. The molecule has 24 heavy (non-hydrogen) atoms. The molecule has 0 aliphatic carbocycles. The average molecular weight is 329 g/mol. The predicted octanol–water partition coefficient (Wildman–Crippen LogP) is 1.14. The van der Waals surface area contributed by atoms with Gasteiger partial charge in [-0.05, 0) is 29.8 Å². The van der Waals surface area contributed by atoms with Gasteiger partial charge in [-0.15, -0.1) is 0 Å². The number of ether oxygens (including phenoxy) is 1. The summed E-state index contributed by atoms with van der Waals surface area (Å²) in [6.07, 6.45) is 1.01. The number of carbonyl (C=O) groups excluding carboxylic acids is 2. The first-order chi connectivity index (χ1) is 11.7. The standard InChI is InChI=1S/C17H19N3O4/c21-16(15-11-18-7-9-24-15)19-10-12-3-5-13(6-4-12)20-17(22)14-2-1-8-23-14/h1-6,8,15,18H,7,9-11H2,(H,19,21)(H,20,22). The predicted molar refractivity (Wildman–Crippen MR) is 87.6 cm³/mol. The molecule has 1 saturated heterocycles. The van der Waals surface area contributed by atoms with Crippen LogP contribution in [0, 0.1) is 0 Å². The molecular formula is C17H19N3O4. The summed E-state index contributed by atoms with van der Waals surface area (Å²) in [7, 11) is 0. The lowest BCUT2D eigenvalue weighted by Crippen LogP contribution is -2.47. The largest absolute Gasteiger partial charge is 0.459 e. The van der Waals surface area contributed by atoms with Gasteiger partial charge in [0.05, 0.1) is 12.9 Å². The van der Waals surface area contributed by atoms with E-state index in [4.69, 9.17) is 9.15 Å². The van der Waals surface area contributed by atoms with Gasteiger partial charge in [0.25, 0.3) is 11.8 Å². The number of rotatable bonds is 5. The zero-order valence-corrected chi connectivity index (χ0v) is 13.1. The molecule has 0 bridgehead atoms. The summed E-state index contributed by atoms with van der Waals surface area (Å²) in [5.74, 6) is -0.173. The van der Waals surface area contributed by atoms with Crippen molar-refractivity contribution < 1.29 is 18.7 Å². The van der Waals surface area contributed by atoms with Crippen molar-refractivity contribution in [2.75, 3.05) is 25.0 Å². The van der Waals surface area contributed by atoms with Gasteiger partial charge in [0.1, 0.15) is 6.10 Å². The van der Waals surface area contributed by atoms with Crippen molar-refractivity contribution >= 4 is 17.5 Å². The normalized spacial score (nSPS) is 17.2. The lowest BCUT2D eigenvalue weighted by atomic mass is 10.2. The van der Waals surface area contributed by atoms with Crippen molar-refractivity contribution in [1.82, 2.24) is 10.6 Å². The molecule has 1 fully saturated rings. The summed E-state index contributed by atoms with van der Waals surface area (Å²) in [4.78, 5) is 23.8. The minimum atomic E-state index is -0.439.